The molecule has 3 unspecified atom stereocenters. The highest BCUT2D eigenvalue weighted by Gasteiger charge is 2.29. The van der Waals surface area contributed by atoms with Crippen molar-refractivity contribution in [2.24, 2.45) is 11.8 Å². The van der Waals surface area contributed by atoms with Gasteiger partial charge in [-0.25, -0.2) is 4.98 Å². The standard InChI is InChI=1S/C26H30N2O2/c1-4-30-20-14-12-19(13-15-20)25-16-22(21-9-5-6-10-24(21)27-25)26(29)28-23-11-7-8-17(2)18(23)3/h5-6,9-10,12-18,23H,4,7-8,11H2,1-3H3,(H,28,29). The van der Waals surface area contributed by atoms with Crippen LogP contribution in [0, 0.1) is 11.8 Å². The Morgan fingerprint density at radius 2 is 1.87 bits per heavy atom. The van der Waals surface area contributed by atoms with E-state index in [1.165, 1.54) is 12.8 Å². The number of ether oxygens (including phenoxy) is 1. The number of carbonyl (C=O) groups is 1. The number of benzene rings is 2. The number of rotatable bonds is 5. The van der Waals surface area contributed by atoms with Crippen molar-refractivity contribution in [2.45, 2.75) is 46.1 Å². The van der Waals surface area contributed by atoms with Crippen LogP contribution in [-0.4, -0.2) is 23.5 Å². The molecule has 30 heavy (non-hydrogen) atoms. The molecule has 2 aromatic carbocycles. The van der Waals surface area contributed by atoms with Crippen LogP contribution in [0.15, 0.2) is 54.6 Å². The Morgan fingerprint density at radius 3 is 2.63 bits per heavy atom. The SMILES string of the molecule is CCOc1ccc(-c2cc(C(=O)NC3CCCC(C)C3C)c3ccccc3n2)cc1. The van der Waals surface area contributed by atoms with Crippen LogP contribution in [0.1, 0.15) is 50.4 Å². The Hall–Kier alpha value is -2.88. The first-order valence-electron chi connectivity index (χ1n) is 11.0. The molecule has 1 aliphatic carbocycles. The monoisotopic (exact) mass is 402 g/mol. The molecule has 0 saturated heterocycles. The van der Waals surface area contributed by atoms with Gasteiger partial charge in [-0.3, -0.25) is 4.79 Å². The molecule has 156 valence electrons. The first kappa shape index (κ1) is 20.4. The van der Waals surface area contributed by atoms with E-state index in [0.29, 0.717) is 24.0 Å². The van der Waals surface area contributed by atoms with E-state index >= 15 is 0 Å². The number of nitrogens with zero attached hydrogens (tertiary/aromatic N) is 1. The summed E-state index contributed by atoms with van der Waals surface area (Å²) in [5.41, 5.74) is 3.29. The van der Waals surface area contributed by atoms with Crippen molar-refractivity contribution in [3.8, 4) is 17.0 Å². The lowest BCUT2D eigenvalue weighted by Gasteiger charge is -2.34. The normalized spacial score (nSPS) is 21.4. The molecule has 3 aromatic rings. The summed E-state index contributed by atoms with van der Waals surface area (Å²) in [6.07, 6.45) is 3.46. The lowest BCUT2D eigenvalue weighted by Crippen LogP contribution is -2.43. The van der Waals surface area contributed by atoms with Gasteiger partial charge in [0.25, 0.3) is 5.91 Å². The van der Waals surface area contributed by atoms with E-state index in [4.69, 9.17) is 9.72 Å². The third kappa shape index (κ3) is 4.18. The second-order valence-electron chi connectivity index (χ2n) is 8.38. The zero-order chi connectivity index (χ0) is 21.1. The van der Waals surface area contributed by atoms with E-state index < -0.39 is 0 Å². The maximum atomic E-state index is 13.3. The summed E-state index contributed by atoms with van der Waals surface area (Å²) < 4.78 is 5.55. The number of pyridine rings is 1. The molecule has 1 saturated carbocycles. The van der Waals surface area contributed by atoms with Crippen LogP contribution in [0.5, 0.6) is 5.75 Å². The minimum Gasteiger partial charge on any atom is -0.494 e. The molecule has 3 atom stereocenters. The van der Waals surface area contributed by atoms with E-state index in [1.807, 2.05) is 61.5 Å². The number of amides is 1. The van der Waals surface area contributed by atoms with Crippen LogP contribution in [0.25, 0.3) is 22.2 Å². The second kappa shape index (κ2) is 8.86. The lowest BCUT2D eigenvalue weighted by atomic mass is 9.78. The van der Waals surface area contributed by atoms with Crippen molar-refractivity contribution in [3.63, 3.8) is 0 Å². The molecule has 0 radical (unpaired) electrons. The van der Waals surface area contributed by atoms with Crippen LogP contribution >= 0.6 is 0 Å². The molecule has 1 aliphatic rings. The fourth-order valence-electron chi connectivity index (χ4n) is 4.43. The largest absolute Gasteiger partial charge is 0.494 e. The first-order valence-corrected chi connectivity index (χ1v) is 11.0. The van der Waals surface area contributed by atoms with Crippen molar-refractivity contribution in [1.82, 2.24) is 10.3 Å². The summed E-state index contributed by atoms with van der Waals surface area (Å²) in [5.74, 6) is 1.95. The summed E-state index contributed by atoms with van der Waals surface area (Å²) in [6.45, 7) is 7.15. The van der Waals surface area contributed by atoms with Crippen molar-refractivity contribution in [3.05, 3.63) is 60.2 Å². The third-order valence-electron chi connectivity index (χ3n) is 6.45. The number of hydrogen-bond donors (Lipinski definition) is 1. The molecular formula is C26H30N2O2. The first-order chi connectivity index (χ1) is 14.6. The van der Waals surface area contributed by atoms with Crippen LogP contribution < -0.4 is 10.1 Å². The van der Waals surface area contributed by atoms with E-state index in [1.54, 1.807) is 0 Å². The van der Waals surface area contributed by atoms with Gasteiger partial charge in [0.15, 0.2) is 0 Å². The van der Waals surface area contributed by atoms with Crippen LogP contribution in [0.2, 0.25) is 0 Å². The summed E-state index contributed by atoms with van der Waals surface area (Å²) in [7, 11) is 0. The topological polar surface area (TPSA) is 51.2 Å². The number of aromatic nitrogens is 1. The highest BCUT2D eigenvalue weighted by Crippen LogP contribution is 2.31. The number of fused-ring (bicyclic) bond motifs is 1. The third-order valence-corrected chi connectivity index (χ3v) is 6.45. The quantitative estimate of drug-likeness (QED) is 0.582. The Bertz CT molecular complexity index is 1030. The summed E-state index contributed by atoms with van der Waals surface area (Å²) >= 11 is 0. The van der Waals surface area contributed by atoms with Gasteiger partial charge in [-0.2, -0.15) is 0 Å². The highest BCUT2D eigenvalue weighted by atomic mass is 16.5. The maximum absolute atomic E-state index is 13.3. The Kier molecular flexibility index (Phi) is 6.03. The molecule has 4 heteroatoms. The molecule has 0 bridgehead atoms. The molecule has 1 fully saturated rings. The molecular weight excluding hydrogens is 372 g/mol. The second-order valence-corrected chi connectivity index (χ2v) is 8.38. The minimum absolute atomic E-state index is 0.00765. The van der Waals surface area contributed by atoms with Gasteiger partial charge in [-0.05, 0) is 61.6 Å². The predicted octanol–water partition coefficient (Wildman–Crippen LogP) is 5.86. The van der Waals surface area contributed by atoms with Gasteiger partial charge < -0.3 is 10.1 Å². The molecule has 4 rings (SSSR count). The maximum Gasteiger partial charge on any atom is 0.252 e. The molecule has 4 nitrogen and oxygen atoms in total. The van der Waals surface area contributed by atoms with Gasteiger partial charge in [-0.1, -0.05) is 44.9 Å². The van der Waals surface area contributed by atoms with Crippen molar-refractivity contribution in [2.75, 3.05) is 6.61 Å². The minimum atomic E-state index is -0.00765. The summed E-state index contributed by atoms with van der Waals surface area (Å²) in [4.78, 5) is 18.2. The van der Waals surface area contributed by atoms with Gasteiger partial charge in [0.2, 0.25) is 0 Å². The number of nitrogens with one attached hydrogen (secondary N) is 1. The van der Waals surface area contributed by atoms with Gasteiger partial charge in [0.1, 0.15) is 5.75 Å². The Labute approximate surface area is 178 Å². The summed E-state index contributed by atoms with van der Waals surface area (Å²) in [5, 5.41) is 4.22. The molecule has 1 heterocycles. The van der Waals surface area contributed by atoms with Crippen molar-refractivity contribution < 1.29 is 9.53 Å². The smallest absolute Gasteiger partial charge is 0.252 e. The highest BCUT2D eigenvalue weighted by molar-refractivity contribution is 6.07. The Morgan fingerprint density at radius 1 is 1.10 bits per heavy atom. The van der Waals surface area contributed by atoms with Crippen molar-refractivity contribution >= 4 is 16.8 Å². The molecule has 0 aliphatic heterocycles. The fourth-order valence-corrected chi connectivity index (χ4v) is 4.43. The lowest BCUT2D eigenvalue weighted by molar-refractivity contribution is 0.0892. The average Bonchev–Trinajstić information content (AvgIpc) is 2.77. The van der Waals surface area contributed by atoms with E-state index in [-0.39, 0.29) is 11.9 Å². The van der Waals surface area contributed by atoms with Gasteiger partial charge in [0, 0.05) is 17.0 Å². The fraction of sp³-hybridized carbons (Fsp3) is 0.385. The van der Waals surface area contributed by atoms with Crippen LogP contribution in [-0.2, 0) is 0 Å². The number of hydrogen-bond acceptors (Lipinski definition) is 3. The Balaban J connectivity index is 1.69. The number of carbonyl (C=O) groups excluding carboxylic acids is 1. The average molecular weight is 403 g/mol. The van der Waals surface area contributed by atoms with E-state index in [9.17, 15) is 4.79 Å². The predicted molar refractivity (Wildman–Crippen MR) is 122 cm³/mol. The molecule has 1 aromatic heterocycles. The van der Waals surface area contributed by atoms with Crippen LogP contribution in [0.3, 0.4) is 0 Å². The summed E-state index contributed by atoms with van der Waals surface area (Å²) in [6, 6.07) is 17.9. The van der Waals surface area contributed by atoms with Crippen LogP contribution in [0.4, 0.5) is 0 Å². The molecule has 1 amide bonds. The zero-order valence-corrected chi connectivity index (χ0v) is 18.0. The van der Waals surface area contributed by atoms with Gasteiger partial charge in [0.05, 0.1) is 23.4 Å². The van der Waals surface area contributed by atoms with E-state index in [2.05, 4.69) is 19.2 Å². The number of para-hydroxylation sites is 1. The van der Waals surface area contributed by atoms with Crippen molar-refractivity contribution in [1.29, 1.82) is 0 Å². The zero-order valence-electron chi connectivity index (χ0n) is 18.0. The van der Waals surface area contributed by atoms with Gasteiger partial charge >= 0.3 is 0 Å². The molecule has 0 spiro atoms. The van der Waals surface area contributed by atoms with Gasteiger partial charge in [-0.15, -0.1) is 0 Å². The van der Waals surface area contributed by atoms with E-state index in [0.717, 1.165) is 34.3 Å². The molecule has 1 N–H and O–H groups in total.